The summed E-state index contributed by atoms with van der Waals surface area (Å²) in [5.41, 5.74) is 5.03. The van der Waals surface area contributed by atoms with E-state index in [-0.39, 0.29) is 35.5 Å². The number of esters is 1. The largest absolute Gasteiger partial charge is 0.483 e. The van der Waals surface area contributed by atoms with Gasteiger partial charge in [0.05, 0.1) is 12.1 Å². The van der Waals surface area contributed by atoms with E-state index in [9.17, 15) is 14.7 Å². The number of likely N-dealkylation sites (tertiary alicyclic amines) is 1. The van der Waals surface area contributed by atoms with Crippen molar-refractivity contribution in [3.8, 4) is 11.5 Å². The number of hydrogen-bond acceptors (Lipinski definition) is 6. The lowest BCUT2D eigenvalue weighted by Crippen LogP contribution is -2.69. The molecule has 2 unspecified atom stereocenters. The fourth-order valence-electron chi connectivity index (χ4n) is 10.6. The molecule has 8 rings (SSSR count). The minimum Gasteiger partial charge on any atom is -0.483 e. The minimum atomic E-state index is -0.343. The van der Waals surface area contributed by atoms with E-state index < -0.39 is 0 Å². The maximum Gasteiger partial charge on any atom is 0.308 e. The van der Waals surface area contributed by atoms with E-state index in [1.54, 1.807) is 0 Å². The van der Waals surface area contributed by atoms with Crippen LogP contribution in [0.5, 0.6) is 11.5 Å². The lowest BCUT2D eigenvalue weighted by atomic mass is 9.51. The lowest BCUT2D eigenvalue weighted by Gasteiger charge is -2.60. The second-order valence-electron chi connectivity index (χ2n) is 16.4. The van der Waals surface area contributed by atoms with Crippen LogP contribution in [0.2, 0.25) is 0 Å². The van der Waals surface area contributed by atoms with Gasteiger partial charge >= 0.3 is 5.97 Å². The molecule has 2 saturated carbocycles. The third-order valence-electron chi connectivity index (χ3n) is 13.1. The van der Waals surface area contributed by atoms with Crippen LogP contribution in [0.25, 0.3) is 0 Å². The number of ether oxygens (including phenoxy) is 2. The topological polar surface area (TPSA) is 79.3 Å². The first kappa shape index (κ1) is 35.4. The number of aliphatic hydroxyl groups excluding tert-OH is 1. The number of carbonyl (C=O) groups excluding carboxylic acids is 2. The molecule has 276 valence electrons. The quantitative estimate of drug-likeness (QED) is 0.0949. The molecule has 52 heavy (non-hydrogen) atoms. The monoisotopic (exact) mass is 704 g/mol. The van der Waals surface area contributed by atoms with Crippen LogP contribution in [0.15, 0.2) is 72.8 Å². The maximum atomic E-state index is 14.4. The van der Waals surface area contributed by atoms with Crippen molar-refractivity contribution < 1.29 is 24.2 Å². The highest BCUT2D eigenvalue weighted by molar-refractivity contribution is 5.77. The first-order chi connectivity index (χ1) is 25.4. The van der Waals surface area contributed by atoms with E-state index in [0.29, 0.717) is 36.6 Å². The van der Waals surface area contributed by atoms with E-state index in [0.717, 1.165) is 89.5 Å². The van der Waals surface area contributed by atoms with Crippen molar-refractivity contribution in [1.29, 1.82) is 0 Å². The van der Waals surface area contributed by atoms with E-state index in [2.05, 4.69) is 76.5 Å². The van der Waals surface area contributed by atoms with Crippen molar-refractivity contribution in [2.75, 3.05) is 19.6 Å². The average Bonchev–Trinajstić information content (AvgIpc) is 3.73. The van der Waals surface area contributed by atoms with Gasteiger partial charge in [0.2, 0.25) is 5.91 Å². The van der Waals surface area contributed by atoms with Gasteiger partial charge in [-0.15, -0.1) is 0 Å². The predicted octanol–water partition coefficient (Wildman–Crippen LogP) is 7.45. The summed E-state index contributed by atoms with van der Waals surface area (Å²) in [5, 5.41) is 10.2. The molecular formula is C45H56N2O5. The molecule has 7 atom stereocenters. The number of aliphatic hydroxyl groups is 1. The Morgan fingerprint density at radius 3 is 2.31 bits per heavy atom. The van der Waals surface area contributed by atoms with Crippen molar-refractivity contribution in [2.24, 2.45) is 11.8 Å². The Hall–Kier alpha value is -3.68. The van der Waals surface area contributed by atoms with Gasteiger partial charge in [-0.2, -0.15) is 0 Å². The summed E-state index contributed by atoms with van der Waals surface area (Å²) >= 11 is 0. The van der Waals surface area contributed by atoms with Crippen LogP contribution in [0.4, 0.5) is 0 Å². The highest BCUT2D eigenvalue weighted by Gasteiger charge is 2.67. The highest BCUT2D eigenvalue weighted by Crippen LogP contribution is 2.64. The molecule has 2 bridgehead atoms. The smallest absolute Gasteiger partial charge is 0.308 e. The molecule has 7 heteroatoms. The zero-order chi connectivity index (χ0) is 35.7. The molecule has 1 amide bonds. The molecule has 5 aliphatic rings. The molecular weight excluding hydrogens is 649 g/mol. The van der Waals surface area contributed by atoms with E-state index >= 15 is 0 Å². The Kier molecular flexibility index (Phi) is 10.4. The van der Waals surface area contributed by atoms with E-state index in [1.807, 2.05) is 6.07 Å². The van der Waals surface area contributed by atoms with Crippen molar-refractivity contribution in [3.05, 3.63) is 95.1 Å². The van der Waals surface area contributed by atoms with Gasteiger partial charge in [0, 0.05) is 49.4 Å². The van der Waals surface area contributed by atoms with Crippen LogP contribution in [0.1, 0.15) is 99.8 Å². The third kappa shape index (κ3) is 7.03. The van der Waals surface area contributed by atoms with Crippen LogP contribution in [0.3, 0.4) is 0 Å². The fraction of sp³-hybridized carbons (Fsp3) is 0.556. The lowest BCUT2D eigenvalue weighted by molar-refractivity contribution is -0.143. The van der Waals surface area contributed by atoms with E-state index in [1.165, 1.54) is 42.0 Å². The molecule has 1 spiro atoms. The van der Waals surface area contributed by atoms with Crippen molar-refractivity contribution in [3.63, 3.8) is 0 Å². The fourth-order valence-corrected chi connectivity index (χ4v) is 10.6. The molecule has 1 saturated heterocycles. The Balaban J connectivity index is 1.02. The third-order valence-corrected chi connectivity index (χ3v) is 13.1. The van der Waals surface area contributed by atoms with Gasteiger partial charge in [0.1, 0.15) is 6.10 Å². The number of aryl methyl sites for hydroxylation is 2. The number of rotatable bonds is 16. The predicted molar refractivity (Wildman–Crippen MR) is 202 cm³/mol. The van der Waals surface area contributed by atoms with Crippen LogP contribution in [-0.4, -0.2) is 70.7 Å². The molecule has 7 nitrogen and oxygen atoms in total. The normalized spacial score (nSPS) is 28.1. The van der Waals surface area contributed by atoms with Gasteiger partial charge in [-0.25, -0.2) is 0 Å². The number of nitrogens with zero attached hydrogens (tertiary/aromatic N) is 2. The summed E-state index contributed by atoms with van der Waals surface area (Å²) in [7, 11) is 0. The van der Waals surface area contributed by atoms with Gasteiger partial charge < -0.3 is 19.5 Å². The molecule has 1 N–H and O–H groups in total. The van der Waals surface area contributed by atoms with Gasteiger partial charge in [-0.05, 0) is 99.4 Å². The van der Waals surface area contributed by atoms with Crippen LogP contribution >= 0.6 is 0 Å². The summed E-state index contributed by atoms with van der Waals surface area (Å²) < 4.78 is 12.9. The summed E-state index contributed by atoms with van der Waals surface area (Å²) in [6.07, 6.45) is 13.5. The summed E-state index contributed by atoms with van der Waals surface area (Å²) in [6, 6.07) is 25.8. The molecule has 0 radical (unpaired) electrons. The number of amides is 1. The summed E-state index contributed by atoms with van der Waals surface area (Å²) in [6.45, 7) is 4.08. The zero-order valence-electron chi connectivity index (χ0n) is 30.9. The highest BCUT2D eigenvalue weighted by atomic mass is 16.6. The van der Waals surface area contributed by atoms with Gasteiger partial charge in [0.25, 0.3) is 0 Å². The average molecular weight is 705 g/mol. The molecule has 3 aliphatic carbocycles. The van der Waals surface area contributed by atoms with Crippen molar-refractivity contribution >= 4 is 11.9 Å². The Morgan fingerprint density at radius 1 is 0.904 bits per heavy atom. The molecule has 3 fully saturated rings. The number of benzene rings is 3. The van der Waals surface area contributed by atoms with Gasteiger partial charge in [-0.3, -0.25) is 14.5 Å². The maximum absolute atomic E-state index is 14.4. The first-order valence-electron chi connectivity index (χ1n) is 20.2. The van der Waals surface area contributed by atoms with Crippen LogP contribution in [0, 0.1) is 11.8 Å². The van der Waals surface area contributed by atoms with E-state index in [4.69, 9.17) is 9.47 Å². The Bertz CT molecular complexity index is 1710. The Labute approximate surface area is 309 Å². The molecule has 2 aliphatic heterocycles. The van der Waals surface area contributed by atoms with Crippen molar-refractivity contribution in [1.82, 2.24) is 9.80 Å². The van der Waals surface area contributed by atoms with Gasteiger partial charge in [-0.1, -0.05) is 86.0 Å². The number of hydrogen-bond donors (Lipinski definition) is 1. The first-order valence-corrected chi connectivity index (χ1v) is 20.2. The number of piperidine rings is 1. The minimum absolute atomic E-state index is 0.0358. The number of carbonyl (C=O) groups is 2. The second kappa shape index (κ2) is 15.4. The SMILES string of the molecule is CC(=O)Oc1ccc2c3c1O[C@H]1[C@@H](N(CCCc4ccccc4)C(=O)CCCCCCCc4ccccc4)CC[C@H]4[C@@H](C2)N(CC2CC2O)CC[C@@]341. The standard InChI is InChI=1S/C45H56N2O5/c1-31(48)51-40-24-21-34-28-38-36-22-23-37(44-45(36,42(34)43(40)52-44)25-27-46(38)30-35-29-39(35)49)47(26-13-19-33-17-10-6-11-18-33)41(50)20-12-4-2-3-7-14-32-15-8-5-9-16-32/h5-6,8-11,15-18,21,24,35-39,44,49H,2-4,7,12-14,19-20,22-23,25-30H2,1H3/t35?,36-,37-,38+,39?,44-,45-/m0/s1. The second-order valence-corrected chi connectivity index (χ2v) is 16.4. The molecule has 3 aromatic rings. The molecule has 0 aromatic heterocycles. The van der Waals surface area contributed by atoms with Crippen LogP contribution < -0.4 is 9.47 Å². The summed E-state index contributed by atoms with van der Waals surface area (Å²) in [4.78, 5) is 31.6. The van der Waals surface area contributed by atoms with Gasteiger partial charge in [0.15, 0.2) is 11.5 Å². The zero-order valence-corrected chi connectivity index (χ0v) is 30.9. The molecule has 2 heterocycles. The Morgan fingerprint density at radius 2 is 1.60 bits per heavy atom. The summed E-state index contributed by atoms with van der Waals surface area (Å²) in [5.74, 6) is 1.95. The van der Waals surface area contributed by atoms with Crippen molar-refractivity contribution in [2.45, 2.75) is 127 Å². The van der Waals surface area contributed by atoms with Crippen LogP contribution in [-0.2, 0) is 34.3 Å². The number of unbranched alkanes of at least 4 members (excludes halogenated alkanes) is 4. The molecule has 3 aromatic carbocycles.